The lowest BCUT2D eigenvalue weighted by Gasteiger charge is -2.32. The number of rotatable bonds is 3. The maximum Gasteiger partial charge on any atom is 0.137 e. The molecule has 0 saturated heterocycles. The smallest absolute Gasteiger partial charge is 0.137 e. The van der Waals surface area contributed by atoms with E-state index < -0.39 is 0 Å². The number of hydrogen-bond donors (Lipinski definition) is 0. The van der Waals surface area contributed by atoms with Gasteiger partial charge in [0, 0.05) is 27.3 Å². The number of benzene rings is 2. The van der Waals surface area contributed by atoms with E-state index in [1.807, 2.05) is 45.1 Å². The lowest BCUT2D eigenvalue weighted by molar-refractivity contribution is 0.223. The second-order valence-corrected chi connectivity index (χ2v) is 9.92. The minimum atomic E-state index is -0.256. The molecule has 0 atom stereocenters. The maximum absolute atomic E-state index is 9.33. The highest BCUT2D eigenvalue weighted by Crippen LogP contribution is 2.48. The molecule has 2 heterocycles. The highest BCUT2D eigenvalue weighted by atomic mass is 32.2. The van der Waals surface area contributed by atoms with Crippen LogP contribution < -0.4 is 4.90 Å². The molecule has 0 bridgehead atoms. The van der Waals surface area contributed by atoms with Gasteiger partial charge in [-0.15, -0.1) is 0 Å². The Balaban J connectivity index is 1.66. The first-order chi connectivity index (χ1) is 15.8. The quantitative estimate of drug-likeness (QED) is 0.452. The number of anilines is 2. The Morgan fingerprint density at radius 1 is 1.00 bits per heavy atom. The van der Waals surface area contributed by atoms with Gasteiger partial charge in [0.2, 0.25) is 0 Å². The van der Waals surface area contributed by atoms with Crippen molar-refractivity contribution in [3.05, 3.63) is 88.9 Å². The highest BCUT2D eigenvalue weighted by molar-refractivity contribution is 7.99. The summed E-state index contributed by atoms with van der Waals surface area (Å²) in [4.78, 5) is 4.80. The molecule has 4 nitrogen and oxygen atoms in total. The lowest BCUT2D eigenvalue weighted by Crippen LogP contribution is -2.19. The molecule has 2 aromatic rings. The van der Waals surface area contributed by atoms with Crippen LogP contribution in [0.3, 0.4) is 0 Å². The van der Waals surface area contributed by atoms with Crippen LogP contribution in [0, 0.1) is 28.1 Å². The summed E-state index contributed by atoms with van der Waals surface area (Å²) in [6, 6.07) is 18.9. The fourth-order valence-electron chi connectivity index (χ4n) is 3.75. The Kier molecular flexibility index (Phi) is 6.18. The summed E-state index contributed by atoms with van der Waals surface area (Å²) in [5.41, 5.74) is 3.91. The van der Waals surface area contributed by atoms with Gasteiger partial charge in [-0.25, -0.2) is 0 Å². The van der Waals surface area contributed by atoms with E-state index >= 15 is 0 Å². The van der Waals surface area contributed by atoms with Crippen molar-refractivity contribution in [2.45, 2.75) is 37.5 Å². The summed E-state index contributed by atoms with van der Waals surface area (Å²) in [5.74, 6) is 1.32. The molecule has 0 radical (unpaired) electrons. The van der Waals surface area contributed by atoms with E-state index in [0.717, 1.165) is 17.9 Å². The highest BCUT2D eigenvalue weighted by Gasteiger charge is 2.24. The van der Waals surface area contributed by atoms with Crippen molar-refractivity contribution in [1.29, 1.82) is 10.5 Å². The molecule has 33 heavy (non-hydrogen) atoms. The van der Waals surface area contributed by atoms with Gasteiger partial charge in [0.15, 0.2) is 0 Å². The molecule has 0 aromatic heterocycles. The monoisotopic (exact) mass is 451 g/mol. The van der Waals surface area contributed by atoms with E-state index in [1.54, 1.807) is 23.9 Å². The molecule has 4 rings (SSSR count). The number of hydrogen-bond acceptors (Lipinski definition) is 5. The number of para-hydroxylation sites is 1. The third-order valence-corrected chi connectivity index (χ3v) is 6.58. The number of nitrogens with zero attached hydrogens (tertiary/aromatic N) is 3. The Labute approximate surface area is 199 Å². The second-order valence-electron chi connectivity index (χ2n) is 8.84. The average Bonchev–Trinajstić information content (AvgIpc) is 2.81. The Morgan fingerprint density at radius 3 is 2.42 bits per heavy atom. The van der Waals surface area contributed by atoms with Crippen LogP contribution in [-0.2, 0) is 4.74 Å². The standard InChI is InChI=1S/C28H25N3OS/c1-5-31-23-8-6-7-9-25(23)33-26-14-19(11-13-24(26)31)10-12-22-15-20(21(17-29)18-30)16-27(32-22)28(2,3)4/h6-16H,5H2,1-4H3/b12-10+. The number of fused-ring (bicyclic) bond motifs is 2. The van der Waals surface area contributed by atoms with E-state index in [9.17, 15) is 10.5 Å². The molecule has 0 spiro atoms. The van der Waals surface area contributed by atoms with E-state index in [-0.39, 0.29) is 11.0 Å². The van der Waals surface area contributed by atoms with Crippen molar-refractivity contribution >= 4 is 29.2 Å². The van der Waals surface area contributed by atoms with Gasteiger partial charge < -0.3 is 9.64 Å². The van der Waals surface area contributed by atoms with Crippen LogP contribution in [0.4, 0.5) is 11.4 Å². The van der Waals surface area contributed by atoms with Crippen LogP contribution in [-0.4, -0.2) is 6.54 Å². The van der Waals surface area contributed by atoms with Crippen molar-refractivity contribution in [3.8, 4) is 12.1 Å². The third-order valence-electron chi connectivity index (χ3n) is 5.47. The predicted octanol–water partition coefficient (Wildman–Crippen LogP) is 7.51. The molecule has 5 heteroatoms. The zero-order valence-electron chi connectivity index (χ0n) is 19.2. The summed E-state index contributed by atoms with van der Waals surface area (Å²) in [5, 5.41) is 18.7. The molecule has 2 aromatic carbocycles. The maximum atomic E-state index is 9.33. The number of allylic oxidation sites excluding steroid dienone is 6. The lowest BCUT2D eigenvalue weighted by atomic mass is 9.90. The predicted molar refractivity (Wildman–Crippen MR) is 134 cm³/mol. The molecule has 0 saturated carbocycles. The van der Waals surface area contributed by atoms with E-state index in [2.05, 4.69) is 54.3 Å². The fraction of sp³-hybridized carbons (Fsp3) is 0.214. The third kappa shape index (κ3) is 4.60. The number of ether oxygens (including phenoxy) is 1. The first-order valence-corrected chi connectivity index (χ1v) is 11.7. The molecule has 0 aliphatic carbocycles. The molecule has 0 unspecified atom stereocenters. The zero-order valence-corrected chi connectivity index (χ0v) is 20.0. The number of nitriles is 2. The van der Waals surface area contributed by atoms with Crippen LogP contribution in [0.1, 0.15) is 33.3 Å². The molecule has 0 fully saturated rings. The molecule has 2 aliphatic heterocycles. The molecule has 2 aliphatic rings. The zero-order chi connectivity index (χ0) is 23.6. The van der Waals surface area contributed by atoms with Gasteiger partial charge in [-0.05, 0) is 55.0 Å². The summed E-state index contributed by atoms with van der Waals surface area (Å²) >= 11 is 1.78. The van der Waals surface area contributed by atoms with E-state index in [0.29, 0.717) is 11.3 Å². The normalized spacial score (nSPS) is 15.0. The summed E-state index contributed by atoms with van der Waals surface area (Å²) in [6.45, 7) is 9.19. The van der Waals surface area contributed by atoms with Crippen LogP contribution in [0.5, 0.6) is 0 Å². The first-order valence-electron chi connectivity index (χ1n) is 10.9. The van der Waals surface area contributed by atoms with Gasteiger partial charge in [0.25, 0.3) is 0 Å². The molecule has 0 amide bonds. The molecular formula is C28H25N3OS. The van der Waals surface area contributed by atoms with Crippen LogP contribution in [0.25, 0.3) is 6.08 Å². The summed E-state index contributed by atoms with van der Waals surface area (Å²) < 4.78 is 6.10. The van der Waals surface area contributed by atoms with E-state index in [4.69, 9.17) is 4.74 Å². The Bertz CT molecular complexity index is 1290. The van der Waals surface area contributed by atoms with Crippen LogP contribution in [0.15, 0.2) is 93.1 Å². The Morgan fingerprint density at radius 2 is 1.73 bits per heavy atom. The van der Waals surface area contributed by atoms with Gasteiger partial charge in [0.1, 0.15) is 29.2 Å². The van der Waals surface area contributed by atoms with Crippen molar-refractivity contribution in [3.63, 3.8) is 0 Å². The molecule has 0 N–H and O–H groups in total. The van der Waals surface area contributed by atoms with Crippen LogP contribution >= 0.6 is 11.8 Å². The SMILES string of the molecule is CCN1c2ccccc2Sc2cc(/C=C/C3=CC(=C(C#N)C#N)C=C(C(C)(C)C)O3)ccc21. The van der Waals surface area contributed by atoms with Gasteiger partial charge in [0.05, 0.1) is 11.4 Å². The van der Waals surface area contributed by atoms with Crippen molar-refractivity contribution in [1.82, 2.24) is 0 Å². The van der Waals surface area contributed by atoms with Gasteiger partial charge >= 0.3 is 0 Å². The second kappa shape index (κ2) is 9.06. The van der Waals surface area contributed by atoms with Crippen molar-refractivity contribution in [2.75, 3.05) is 11.4 Å². The van der Waals surface area contributed by atoms with E-state index in [1.165, 1.54) is 21.2 Å². The molecule has 164 valence electrons. The topological polar surface area (TPSA) is 60.0 Å². The van der Waals surface area contributed by atoms with Crippen LogP contribution in [0.2, 0.25) is 0 Å². The Hall–Kier alpha value is -3.67. The van der Waals surface area contributed by atoms with Gasteiger partial charge in [-0.1, -0.05) is 56.8 Å². The first kappa shape index (κ1) is 22.5. The van der Waals surface area contributed by atoms with Gasteiger partial charge in [-0.3, -0.25) is 0 Å². The fourth-order valence-corrected chi connectivity index (χ4v) is 4.89. The minimum absolute atomic E-state index is 0.0782. The van der Waals surface area contributed by atoms with Gasteiger partial charge in [-0.2, -0.15) is 10.5 Å². The largest absolute Gasteiger partial charge is 0.461 e. The average molecular weight is 452 g/mol. The van der Waals surface area contributed by atoms with Crippen molar-refractivity contribution in [2.24, 2.45) is 5.41 Å². The van der Waals surface area contributed by atoms with Crippen molar-refractivity contribution < 1.29 is 4.74 Å². The minimum Gasteiger partial charge on any atom is -0.461 e. The summed E-state index contributed by atoms with van der Waals surface area (Å²) in [6.07, 6.45) is 7.43. The molecular weight excluding hydrogens is 426 g/mol. The summed E-state index contributed by atoms with van der Waals surface area (Å²) in [7, 11) is 0.